The van der Waals surface area contributed by atoms with E-state index in [1.165, 1.54) is 0 Å². The van der Waals surface area contributed by atoms with Gasteiger partial charge in [-0.15, -0.1) is 0 Å². The van der Waals surface area contributed by atoms with E-state index in [1.54, 1.807) is 0 Å². The number of rotatable bonds is 6. The molecule has 1 aromatic heterocycles. The third kappa shape index (κ3) is 3.47. The molecular weight excluding hydrogens is 178 g/mol. The van der Waals surface area contributed by atoms with Crippen molar-refractivity contribution in [2.45, 2.75) is 26.8 Å². The molecule has 0 saturated heterocycles. The van der Waals surface area contributed by atoms with Crippen LogP contribution in [0.4, 0.5) is 0 Å². The van der Waals surface area contributed by atoms with E-state index in [4.69, 9.17) is 4.42 Å². The van der Waals surface area contributed by atoms with Gasteiger partial charge in [-0.05, 0) is 33.5 Å². The zero-order valence-electron chi connectivity index (χ0n) is 9.18. The summed E-state index contributed by atoms with van der Waals surface area (Å²) in [6.07, 6.45) is 1.13. The maximum Gasteiger partial charge on any atom is 0.191 e. The summed E-state index contributed by atoms with van der Waals surface area (Å²) in [4.78, 5) is 4.21. The topological polar surface area (TPSA) is 50.1 Å². The van der Waals surface area contributed by atoms with Crippen molar-refractivity contribution in [2.75, 3.05) is 20.1 Å². The molecule has 0 amide bonds. The number of hydrogen-bond acceptors (Lipinski definition) is 4. The third-order valence-corrected chi connectivity index (χ3v) is 2.07. The van der Waals surface area contributed by atoms with Gasteiger partial charge in [0.15, 0.2) is 5.89 Å². The minimum atomic E-state index is 0.745. The molecule has 1 heterocycles. The Bertz CT molecular complexity index is 270. The molecule has 2 N–H and O–H groups in total. The summed E-state index contributed by atoms with van der Waals surface area (Å²) in [5.74, 6) is 1.70. The lowest BCUT2D eigenvalue weighted by Gasteiger charge is -2.02. The molecule has 0 atom stereocenters. The average Bonchev–Trinajstić information content (AvgIpc) is 2.45. The lowest BCUT2D eigenvalue weighted by atomic mass is 10.3. The van der Waals surface area contributed by atoms with E-state index in [-0.39, 0.29) is 0 Å². The third-order valence-electron chi connectivity index (χ3n) is 2.07. The van der Waals surface area contributed by atoms with Crippen LogP contribution in [0.3, 0.4) is 0 Å². The molecule has 0 radical (unpaired) electrons. The number of aryl methyl sites for hydroxylation is 2. The number of nitrogens with zero attached hydrogens (tertiary/aromatic N) is 1. The Morgan fingerprint density at radius 2 is 2.07 bits per heavy atom. The molecule has 4 heteroatoms. The first-order valence-electron chi connectivity index (χ1n) is 5.02. The van der Waals surface area contributed by atoms with Crippen LogP contribution in [-0.4, -0.2) is 25.1 Å². The Morgan fingerprint density at radius 1 is 1.29 bits per heavy atom. The molecule has 0 aliphatic heterocycles. The molecule has 0 fully saturated rings. The van der Waals surface area contributed by atoms with E-state index < -0.39 is 0 Å². The van der Waals surface area contributed by atoms with Crippen molar-refractivity contribution in [1.29, 1.82) is 0 Å². The molecule has 0 aromatic carbocycles. The molecule has 1 aromatic rings. The molecule has 14 heavy (non-hydrogen) atoms. The summed E-state index contributed by atoms with van der Waals surface area (Å²) in [5.41, 5.74) is 0.989. The number of nitrogens with one attached hydrogen (secondary N) is 2. The molecule has 80 valence electrons. The minimum Gasteiger partial charge on any atom is -0.444 e. The van der Waals surface area contributed by atoms with E-state index in [1.807, 2.05) is 20.9 Å². The predicted molar refractivity (Wildman–Crippen MR) is 56.2 cm³/mol. The minimum absolute atomic E-state index is 0.745. The molecular formula is C10H19N3O. The lowest BCUT2D eigenvalue weighted by molar-refractivity contribution is 0.452. The normalized spacial score (nSPS) is 10.8. The predicted octanol–water partition coefficient (Wildman–Crippen LogP) is 0.991. The van der Waals surface area contributed by atoms with E-state index in [0.717, 1.165) is 43.4 Å². The molecule has 0 saturated carbocycles. The summed E-state index contributed by atoms with van der Waals surface area (Å²) in [7, 11) is 1.96. The maximum absolute atomic E-state index is 5.43. The summed E-state index contributed by atoms with van der Waals surface area (Å²) in [6.45, 7) is 6.66. The van der Waals surface area contributed by atoms with E-state index in [9.17, 15) is 0 Å². The Hall–Kier alpha value is -0.870. The Kier molecular flexibility index (Phi) is 4.62. The summed E-state index contributed by atoms with van der Waals surface area (Å²) < 4.78 is 5.43. The smallest absolute Gasteiger partial charge is 0.191 e. The van der Waals surface area contributed by atoms with Crippen molar-refractivity contribution < 1.29 is 4.42 Å². The Labute approximate surface area is 85.1 Å². The summed E-state index contributed by atoms with van der Waals surface area (Å²) in [5, 5.41) is 6.42. The van der Waals surface area contributed by atoms with Crippen LogP contribution in [-0.2, 0) is 6.54 Å². The van der Waals surface area contributed by atoms with Crippen molar-refractivity contribution in [3.8, 4) is 0 Å². The van der Waals surface area contributed by atoms with Gasteiger partial charge >= 0.3 is 0 Å². The quantitative estimate of drug-likeness (QED) is 0.668. The summed E-state index contributed by atoms with van der Waals surface area (Å²) in [6, 6.07) is 0. The van der Waals surface area contributed by atoms with Crippen LogP contribution in [0.25, 0.3) is 0 Å². The van der Waals surface area contributed by atoms with Gasteiger partial charge in [-0.25, -0.2) is 4.98 Å². The zero-order valence-corrected chi connectivity index (χ0v) is 9.18. The van der Waals surface area contributed by atoms with Gasteiger partial charge < -0.3 is 15.1 Å². The van der Waals surface area contributed by atoms with Crippen LogP contribution in [0.1, 0.15) is 23.8 Å². The van der Waals surface area contributed by atoms with Gasteiger partial charge in [-0.3, -0.25) is 0 Å². The van der Waals surface area contributed by atoms with Crippen molar-refractivity contribution in [2.24, 2.45) is 0 Å². The van der Waals surface area contributed by atoms with Crippen LogP contribution >= 0.6 is 0 Å². The Balaban J connectivity index is 2.21. The van der Waals surface area contributed by atoms with Crippen molar-refractivity contribution in [1.82, 2.24) is 15.6 Å². The SMILES string of the molecule is CNCCCNCc1oc(C)nc1C. The number of oxazole rings is 1. The largest absolute Gasteiger partial charge is 0.444 e. The number of hydrogen-bond donors (Lipinski definition) is 2. The van der Waals surface area contributed by atoms with Gasteiger partial charge in [-0.1, -0.05) is 0 Å². The van der Waals surface area contributed by atoms with Crippen LogP contribution in [0, 0.1) is 13.8 Å². The number of aromatic nitrogens is 1. The first-order valence-corrected chi connectivity index (χ1v) is 5.02. The molecule has 0 bridgehead atoms. The highest BCUT2D eigenvalue weighted by Crippen LogP contribution is 2.08. The standard InChI is InChI=1S/C10H19N3O/c1-8-10(14-9(2)13-8)7-12-6-4-5-11-3/h11-12H,4-7H2,1-3H3. The van der Waals surface area contributed by atoms with Crippen molar-refractivity contribution in [3.63, 3.8) is 0 Å². The van der Waals surface area contributed by atoms with Gasteiger partial charge in [0.1, 0.15) is 5.76 Å². The van der Waals surface area contributed by atoms with Crippen LogP contribution < -0.4 is 10.6 Å². The molecule has 0 aliphatic rings. The Morgan fingerprint density at radius 3 is 2.64 bits per heavy atom. The van der Waals surface area contributed by atoms with Crippen LogP contribution in [0.15, 0.2) is 4.42 Å². The monoisotopic (exact) mass is 197 g/mol. The fourth-order valence-electron chi connectivity index (χ4n) is 1.33. The second-order valence-corrected chi connectivity index (χ2v) is 3.38. The molecule has 0 aliphatic carbocycles. The fraction of sp³-hybridized carbons (Fsp3) is 0.700. The first-order chi connectivity index (χ1) is 6.74. The second-order valence-electron chi connectivity index (χ2n) is 3.38. The second kappa shape index (κ2) is 5.78. The molecule has 0 unspecified atom stereocenters. The fourth-order valence-corrected chi connectivity index (χ4v) is 1.33. The highest BCUT2D eigenvalue weighted by molar-refractivity contribution is 5.06. The molecule has 0 spiro atoms. The first kappa shape index (κ1) is 11.2. The van der Waals surface area contributed by atoms with Gasteiger partial charge in [0.05, 0.1) is 12.2 Å². The van der Waals surface area contributed by atoms with E-state index in [2.05, 4.69) is 15.6 Å². The molecule has 1 rings (SSSR count). The average molecular weight is 197 g/mol. The van der Waals surface area contributed by atoms with Gasteiger partial charge in [-0.2, -0.15) is 0 Å². The van der Waals surface area contributed by atoms with Gasteiger partial charge in [0, 0.05) is 6.92 Å². The van der Waals surface area contributed by atoms with E-state index in [0.29, 0.717) is 0 Å². The van der Waals surface area contributed by atoms with Crippen molar-refractivity contribution >= 4 is 0 Å². The highest BCUT2D eigenvalue weighted by atomic mass is 16.4. The maximum atomic E-state index is 5.43. The van der Waals surface area contributed by atoms with Gasteiger partial charge in [0.2, 0.25) is 0 Å². The zero-order chi connectivity index (χ0) is 10.4. The molecule has 4 nitrogen and oxygen atoms in total. The lowest BCUT2D eigenvalue weighted by Crippen LogP contribution is -2.19. The summed E-state index contributed by atoms with van der Waals surface area (Å²) >= 11 is 0. The van der Waals surface area contributed by atoms with Crippen LogP contribution in [0.2, 0.25) is 0 Å². The van der Waals surface area contributed by atoms with E-state index >= 15 is 0 Å². The van der Waals surface area contributed by atoms with Gasteiger partial charge in [0.25, 0.3) is 0 Å². The highest BCUT2D eigenvalue weighted by Gasteiger charge is 2.04. The van der Waals surface area contributed by atoms with Crippen molar-refractivity contribution in [3.05, 3.63) is 17.3 Å². The van der Waals surface area contributed by atoms with Crippen LogP contribution in [0.5, 0.6) is 0 Å².